The van der Waals surface area contributed by atoms with Crippen LogP contribution >= 0.6 is 11.8 Å². The van der Waals surface area contributed by atoms with Gasteiger partial charge in [-0.2, -0.15) is 13.2 Å². The molecule has 0 aliphatic carbocycles. The summed E-state index contributed by atoms with van der Waals surface area (Å²) in [6.45, 7) is 3.06. The lowest BCUT2D eigenvalue weighted by Crippen LogP contribution is -2.40. The predicted molar refractivity (Wildman–Crippen MR) is 41.6 cm³/mol. The van der Waals surface area contributed by atoms with Crippen LogP contribution in [0.3, 0.4) is 0 Å². The number of halogens is 3. The van der Waals surface area contributed by atoms with Crippen molar-refractivity contribution in [2.75, 3.05) is 5.75 Å². The van der Waals surface area contributed by atoms with Crippen molar-refractivity contribution in [3.63, 3.8) is 0 Å². The molecule has 0 fully saturated rings. The van der Waals surface area contributed by atoms with Crippen LogP contribution in [0, 0.1) is 0 Å². The molecule has 0 heterocycles. The molecule has 0 aromatic carbocycles. The van der Waals surface area contributed by atoms with E-state index in [0.717, 1.165) is 11.8 Å². The molecule has 0 aliphatic rings. The van der Waals surface area contributed by atoms with Gasteiger partial charge < -0.3 is 5.73 Å². The van der Waals surface area contributed by atoms with Crippen LogP contribution in [0.4, 0.5) is 13.2 Å². The van der Waals surface area contributed by atoms with E-state index in [9.17, 15) is 13.2 Å². The van der Waals surface area contributed by atoms with Crippen molar-refractivity contribution in [2.45, 2.75) is 31.3 Å². The smallest absolute Gasteiger partial charge is 0.327 e. The molecule has 0 aliphatic heterocycles. The lowest BCUT2D eigenvalue weighted by molar-refractivity contribution is -0.131. The Labute approximate surface area is 68.5 Å². The van der Waals surface area contributed by atoms with E-state index in [1.807, 2.05) is 0 Å². The zero-order valence-corrected chi connectivity index (χ0v) is 7.30. The Hall–Kier alpha value is 0.100. The Morgan fingerprint density at radius 3 is 2.00 bits per heavy atom. The van der Waals surface area contributed by atoms with E-state index in [4.69, 9.17) is 5.73 Å². The number of hydrogen-bond acceptors (Lipinski definition) is 2. The highest BCUT2D eigenvalue weighted by Gasteiger charge is 2.41. The average molecular weight is 187 g/mol. The average Bonchev–Trinajstić information content (AvgIpc) is 1.79. The molecule has 0 radical (unpaired) electrons. The fourth-order valence-electron chi connectivity index (χ4n) is 0.724. The number of rotatable bonds is 3. The first-order valence-corrected chi connectivity index (χ1v) is 4.38. The van der Waals surface area contributed by atoms with Crippen LogP contribution in [0.15, 0.2) is 0 Å². The summed E-state index contributed by atoms with van der Waals surface area (Å²) in [6.07, 6.45) is -4.17. The summed E-state index contributed by atoms with van der Waals surface area (Å²) in [5, 5.41) is -1.42. The maximum Gasteiger partial charge on any atom is 0.402 e. The first-order chi connectivity index (χ1) is 4.89. The highest BCUT2D eigenvalue weighted by molar-refractivity contribution is 8.00. The van der Waals surface area contributed by atoms with Gasteiger partial charge in [-0.3, -0.25) is 0 Å². The van der Waals surface area contributed by atoms with E-state index >= 15 is 0 Å². The second-order valence-corrected chi connectivity index (χ2v) is 3.70. The van der Waals surface area contributed by atoms with Gasteiger partial charge in [-0.25, -0.2) is 0 Å². The van der Waals surface area contributed by atoms with E-state index in [-0.39, 0.29) is 0 Å². The molecule has 0 saturated carbocycles. The van der Waals surface area contributed by atoms with Crippen molar-refractivity contribution >= 4 is 11.8 Å². The van der Waals surface area contributed by atoms with Crippen molar-refractivity contribution in [2.24, 2.45) is 5.73 Å². The lowest BCUT2D eigenvalue weighted by Gasteiger charge is -2.22. The third kappa shape index (κ3) is 3.86. The molecule has 0 spiro atoms. The van der Waals surface area contributed by atoms with Gasteiger partial charge in [0.05, 0.1) is 0 Å². The monoisotopic (exact) mass is 187 g/mol. The number of alkyl halides is 3. The normalized spacial score (nSPS) is 18.0. The summed E-state index contributed by atoms with van der Waals surface area (Å²) in [4.78, 5) is 0. The summed E-state index contributed by atoms with van der Waals surface area (Å²) in [7, 11) is 0. The number of hydrogen-bond donors (Lipinski definition) is 1. The van der Waals surface area contributed by atoms with Gasteiger partial charge in [-0.15, -0.1) is 11.8 Å². The fourth-order valence-corrected chi connectivity index (χ4v) is 1.58. The van der Waals surface area contributed by atoms with Gasteiger partial charge >= 0.3 is 6.18 Å². The van der Waals surface area contributed by atoms with E-state index < -0.39 is 17.5 Å². The van der Waals surface area contributed by atoms with E-state index in [0.29, 0.717) is 5.75 Å². The SMILES string of the molecule is CCSC(C(C)N)C(F)(F)F. The second-order valence-electron chi connectivity index (χ2n) is 2.28. The van der Waals surface area contributed by atoms with Gasteiger partial charge in [-0.1, -0.05) is 6.92 Å². The Kier molecular flexibility index (Phi) is 4.25. The molecule has 11 heavy (non-hydrogen) atoms. The molecule has 1 nitrogen and oxygen atoms in total. The van der Waals surface area contributed by atoms with Crippen molar-refractivity contribution in [3.8, 4) is 0 Å². The quantitative estimate of drug-likeness (QED) is 0.731. The van der Waals surface area contributed by atoms with Crippen LogP contribution in [0.1, 0.15) is 13.8 Å². The minimum atomic E-state index is -4.17. The zero-order valence-electron chi connectivity index (χ0n) is 6.48. The summed E-state index contributed by atoms with van der Waals surface area (Å²) < 4.78 is 36.2. The molecule has 0 aromatic heterocycles. The predicted octanol–water partition coefficient (Wildman–Crippen LogP) is 2.02. The largest absolute Gasteiger partial charge is 0.402 e. The molecule has 68 valence electrons. The Morgan fingerprint density at radius 1 is 1.45 bits per heavy atom. The zero-order chi connectivity index (χ0) is 9.07. The van der Waals surface area contributed by atoms with Crippen molar-refractivity contribution in [3.05, 3.63) is 0 Å². The van der Waals surface area contributed by atoms with Crippen LogP contribution in [0.25, 0.3) is 0 Å². The molecule has 2 unspecified atom stereocenters. The van der Waals surface area contributed by atoms with Gasteiger partial charge in [0.1, 0.15) is 5.25 Å². The fraction of sp³-hybridized carbons (Fsp3) is 1.00. The van der Waals surface area contributed by atoms with E-state index in [2.05, 4.69) is 0 Å². The maximum atomic E-state index is 12.1. The molecule has 2 N–H and O–H groups in total. The Bertz CT molecular complexity index is 113. The first-order valence-electron chi connectivity index (χ1n) is 3.33. The third-order valence-electron chi connectivity index (χ3n) is 1.15. The van der Waals surface area contributed by atoms with Crippen LogP contribution in [0.5, 0.6) is 0 Å². The third-order valence-corrected chi connectivity index (χ3v) is 2.54. The molecule has 0 aromatic rings. The molecular formula is C6H12F3NS. The number of nitrogens with two attached hydrogens (primary N) is 1. The summed E-state index contributed by atoms with van der Waals surface area (Å²) >= 11 is 0.841. The van der Waals surface area contributed by atoms with Crippen LogP contribution in [-0.2, 0) is 0 Å². The van der Waals surface area contributed by atoms with Crippen LogP contribution in [-0.4, -0.2) is 23.2 Å². The highest BCUT2D eigenvalue weighted by atomic mass is 32.2. The maximum absolute atomic E-state index is 12.1. The Balaban J connectivity index is 4.10. The van der Waals surface area contributed by atoms with Gasteiger partial charge in [-0.05, 0) is 12.7 Å². The van der Waals surface area contributed by atoms with Crippen molar-refractivity contribution in [1.82, 2.24) is 0 Å². The van der Waals surface area contributed by atoms with Crippen molar-refractivity contribution < 1.29 is 13.2 Å². The summed E-state index contributed by atoms with van der Waals surface area (Å²) in [5.74, 6) is 0.436. The molecule has 0 amide bonds. The molecule has 5 heteroatoms. The van der Waals surface area contributed by atoms with Gasteiger partial charge in [0.2, 0.25) is 0 Å². The van der Waals surface area contributed by atoms with Crippen LogP contribution < -0.4 is 5.73 Å². The Morgan fingerprint density at radius 2 is 1.91 bits per heavy atom. The lowest BCUT2D eigenvalue weighted by atomic mass is 10.2. The van der Waals surface area contributed by atoms with Crippen LogP contribution in [0.2, 0.25) is 0 Å². The standard InChI is InChI=1S/C6H12F3NS/c1-3-11-5(4(2)10)6(7,8)9/h4-5H,3,10H2,1-2H3. The summed E-state index contributed by atoms with van der Waals surface area (Å²) in [5.41, 5.74) is 5.17. The number of thioether (sulfide) groups is 1. The van der Waals surface area contributed by atoms with Gasteiger partial charge in [0.15, 0.2) is 0 Å². The van der Waals surface area contributed by atoms with E-state index in [1.54, 1.807) is 6.92 Å². The van der Waals surface area contributed by atoms with E-state index in [1.165, 1.54) is 6.92 Å². The first kappa shape index (κ1) is 11.1. The molecule has 0 rings (SSSR count). The van der Waals surface area contributed by atoms with Crippen molar-refractivity contribution in [1.29, 1.82) is 0 Å². The topological polar surface area (TPSA) is 26.0 Å². The summed E-state index contributed by atoms with van der Waals surface area (Å²) in [6, 6.07) is -0.833. The van der Waals surface area contributed by atoms with Gasteiger partial charge in [0.25, 0.3) is 0 Å². The highest BCUT2D eigenvalue weighted by Crippen LogP contribution is 2.31. The van der Waals surface area contributed by atoms with Gasteiger partial charge in [0, 0.05) is 6.04 Å². The molecule has 2 atom stereocenters. The molecule has 0 bridgehead atoms. The minimum absolute atomic E-state index is 0.436. The second kappa shape index (κ2) is 4.21. The minimum Gasteiger partial charge on any atom is -0.327 e. The molecule has 0 saturated heterocycles. The molecular weight excluding hydrogens is 175 g/mol.